The van der Waals surface area contributed by atoms with Crippen LogP contribution in [0.25, 0.3) is 0 Å². The first-order chi connectivity index (χ1) is 13.2. The lowest BCUT2D eigenvalue weighted by Gasteiger charge is -2.23. The monoisotopic (exact) mass is 359 g/mol. The Morgan fingerprint density at radius 1 is 0.889 bits per heavy atom. The summed E-state index contributed by atoms with van der Waals surface area (Å²) in [4.78, 5) is 24.5. The lowest BCUT2D eigenvalue weighted by molar-refractivity contribution is -0.125. The highest BCUT2D eigenvalue weighted by molar-refractivity contribution is 6.00. The Bertz CT molecular complexity index is 967. The van der Waals surface area contributed by atoms with Crippen LogP contribution in [0.2, 0.25) is 0 Å². The van der Waals surface area contributed by atoms with E-state index in [-0.39, 0.29) is 5.91 Å². The average Bonchev–Trinajstić information content (AvgIpc) is 2.70. The number of rotatable bonds is 4. The second kappa shape index (κ2) is 7.33. The van der Waals surface area contributed by atoms with E-state index in [2.05, 4.69) is 5.32 Å². The van der Waals surface area contributed by atoms with Gasteiger partial charge >= 0.3 is 5.97 Å². The summed E-state index contributed by atoms with van der Waals surface area (Å²) in [6, 6.07) is 23.6. The van der Waals surface area contributed by atoms with Crippen LogP contribution in [0.1, 0.15) is 15.9 Å². The average molecular weight is 359 g/mol. The Labute approximate surface area is 156 Å². The summed E-state index contributed by atoms with van der Waals surface area (Å²) in [6.07, 6.45) is -0.476. The summed E-state index contributed by atoms with van der Waals surface area (Å²) in [7, 11) is 0. The quantitative estimate of drug-likeness (QED) is 0.709. The van der Waals surface area contributed by atoms with Crippen molar-refractivity contribution in [2.45, 2.75) is 12.5 Å². The molecule has 3 aromatic rings. The highest BCUT2D eigenvalue weighted by Crippen LogP contribution is 2.24. The molecular formula is C22H17NO4. The molecule has 0 spiro atoms. The van der Waals surface area contributed by atoms with Crippen molar-refractivity contribution >= 4 is 17.6 Å². The standard InChI is InChI=1S/C22H17NO4/c24-21(20-14-15-6-4-5-9-19(15)22(25)27-20)23-16-10-12-18(13-11-16)26-17-7-2-1-3-8-17/h1-13,20H,14H2,(H,23,24). The molecule has 0 saturated heterocycles. The van der Waals surface area contributed by atoms with Gasteiger partial charge in [0.1, 0.15) is 11.5 Å². The largest absolute Gasteiger partial charge is 0.457 e. The van der Waals surface area contributed by atoms with E-state index >= 15 is 0 Å². The summed E-state index contributed by atoms with van der Waals surface area (Å²) >= 11 is 0. The second-order valence-electron chi connectivity index (χ2n) is 6.18. The minimum Gasteiger partial charge on any atom is -0.457 e. The van der Waals surface area contributed by atoms with Gasteiger partial charge in [0.05, 0.1) is 5.56 Å². The number of esters is 1. The fourth-order valence-corrected chi connectivity index (χ4v) is 2.93. The lowest BCUT2D eigenvalue weighted by atomic mass is 9.98. The van der Waals surface area contributed by atoms with Gasteiger partial charge in [-0.2, -0.15) is 0 Å². The molecule has 1 N–H and O–H groups in total. The third-order valence-corrected chi connectivity index (χ3v) is 4.29. The zero-order chi connectivity index (χ0) is 18.6. The first-order valence-corrected chi connectivity index (χ1v) is 8.62. The second-order valence-corrected chi connectivity index (χ2v) is 6.18. The van der Waals surface area contributed by atoms with Gasteiger partial charge in [-0.3, -0.25) is 4.79 Å². The number of hydrogen-bond donors (Lipinski definition) is 1. The van der Waals surface area contributed by atoms with Gasteiger partial charge < -0.3 is 14.8 Å². The molecule has 1 aliphatic rings. The summed E-state index contributed by atoms with van der Waals surface area (Å²) in [5, 5.41) is 2.78. The van der Waals surface area contributed by atoms with Crippen LogP contribution >= 0.6 is 0 Å². The molecule has 27 heavy (non-hydrogen) atoms. The number of anilines is 1. The van der Waals surface area contributed by atoms with Crippen LogP contribution in [-0.2, 0) is 16.0 Å². The molecule has 1 atom stereocenters. The molecule has 3 aromatic carbocycles. The SMILES string of the molecule is O=C1OC(C(=O)Nc2ccc(Oc3ccccc3)cc2)Cc2ccccc21. The van der Waals surface area contributed by atoms with Gasteiger partial charge in [0.25, 0.3) is 5.91 Å². The first kappa shape index (κ1) is 16.8. The molecule has 1 heterocycles. The van der Waals surface area contributed by atoms with Crippen LogP contribution in [0.5, 0.6) is 11.5 Å². The van der Waals surface area contributed by atoms with Crippen molar-refractivity contribution in [3.63, 3.8) is 0 Å². The molecule has 0 aromatic heterocycles. The number of carbonyl (C=O) groups is 2. The fourth-order valence-electron chi connectivity index (χ4n) is 2.93. The van der Waals surface area contributed by atoms with Crippen LogP contribution in [0.3, 0.4) is 0 Å². The maximum absolute atomic E-state index is 12.5. The lowest BCUT2D eigenvalue weighted by Crippen LogP contribution is -2.37. The molecule has 134 valence electrons. The van der Waals surface area contributed by atoms with Crippen molar-refractivity contribution in [1.29, 1.82) is 0 Å². The third-order valence-electron chi connectivity index (χ3n) is 4.29. The van der Waals surface area contributed by atoms with Crippen LogP contribution in [0.4, 0.5) is 5.69 Å². The molecule has 0 aliphatic carbocycles. The van der Waals surface area contributed by atoms with Gasteiger partial charge in [-0.05, 0) is 48.0 Å². The van der Waals surface area contributed by atoms with E-state index in [0.29, 0.717) is 23.4 Å². The van der Waals surface area contributed by atoms with Gasteiger partial charge in [-0.25, -0.2) is 4.79 Å². The molecule has 1 unspecified atom stereocenters. The number of ether oxygens (including phenoxy) is 2. The predicted molar refractivity (Wildman–Crippen MR) is 101 cm³/mol. The molecule has 5 nitrogen and oxygen atoms in total. The van der Waals surface area contributed by atoms with E-state index in [1.165, 1.54) is 0 Å². The van der Waals surface area contributed by atoms with E-state index in [1.807, 2.05) is 42.5 Å². The first-order valence-electron chi connectivity index (χ1n) is 8.62. The van der Waals surface area contributed by atoms with Crippen molar-refractivity contribution in [2.75, 3.05) is 5.32 Å². The molecule has 1 amide bonds. The van der Waals surface area contributed by atoms with Crippen LogP contribution in [-0.4, -0.2) is 18.0 Å². The van der Waals surface area contributed by atoms with E-state index in [0.717, 1.165) is 11.3 Å². The molecule has 1 aliphatic heterocycles. The Morgan fingerprint density at radius 2 is 1.56 bits per heavy atom. The van der Waals surface area contributed by atoms with Crippen LogP contribution < -0.4 is 10.1 Å². The fraction of sp³-hybridized carbons (Fsp3) is 0.0909. The number of para-hydroxylation sites is 1. The molecule has 5 heteroatoms. The number of fused-ring (bicyclic) bond motifs is 1. The van der Waals surface area contributed by atoms with Crippen LogP contribution in [0, 0.1) is 0 Å². The van der Waals surface area contributed by atoms with Crippen molar-refractivity contribution < 1.29 is 19.1 Å². The molecule has 0 bridgehead atoms. The van der Waals surface area contributed by atoms with E-state index in [1.54, 1.807) is 36.4 Å². The predicted octanol–water partition coefficient (Wildman–Crippen LogP) is 4.20. The molecular weight excluding hydrogens is 342 g/mol. The Hall–Kier alpha value is -3.60. The van der Waals surface area contributed by atoms with Crippen molar-refractivity contribution in [3.05, 3.63) is 90.0 Å². The third kappa shape index (κ3) is 3.82. The molecule has 0 saturated carbocycles. The molecule has 4 rings (SSSR count). The Kier molecular flexibility index (Phi) is 4.58. The maximum Gasteiger partial charge on any atom is 0.339 e. The van der Waals surface area contributed by atoms with Gasteiger partial charge in [0, 0.05) is 12.1 Å². The Balaban J connectivity index is 1.41. The van der Waals surface area contributed by atoms with Gasteiger partial charge in [0.15, 0.2) is 6.10 Å². The van der Waals surface area contributed by atoms with Gasteiger partial charge in [-0.1, -0.05) is 36.4 Å². The number of amides is 1. The Morgan fingerprint density at radius 3 is 2.33 bits per heavy atom. The summed E-state index contributed by atoms with van der Waals surface area (Å²) in [6.45, 7) is 0. The number of benzene rings is 3. The highest BCUT2D eigenvalue weighted by atomic mass is 16.5. The number of cyclic esters (lactones) is 1. The van der Waals surface area contributed by atoms with E-state index < -0.39 is 12.1 Å². The van der Waals surface area contributed by atoms with E-state index in [4.69, 9.17) is 9.47 Å². The van der Waals surface area contributed by atoms with Gasteiger partial charge in [0.2, 0.25) is 0 Å². The zero-order valence-corrected chi connectivity index (χ0v) is 14.4. The highest BCUT2D eigenvalue weighted by Gasteiger charge is 2.31. The van der Waals surface area contributed by atoms with Crippen molar-refractivity contribution in [3.8, 4) is 11.5 Å². The van der Waals surface area contributed by atoms with Crippen molar-refractivity contribution in [1.82, 2.24) is 0 Å². The van der Waals surface area contributed by atoms with Crippen molar-refractivity contribution in [2.24, 2.45) is 0 Å². The minimum atomic E-state index is -0.840. The number of hydrogen-bond acceptors (Lipinski definition) is 4. The van der Waals surface area contributed by atoms with E-state index in [9.17, 15) is 9.59 Å². The van der Waals surface area contributed by atoms with Crippen LogP contribution in [0.15, 0.2) is 78.9 Å². The number of nitrogens with one attached hydrogen (secondary N) is 1. The summed E-state index contributed by atoms with van der Waals surface area (Å²) in [5.41, 5.74) is 1.94. The minimum absolute atomic E-state index is 0.352. The maximum atomic E-state index is 12.5. The summed E-state index contributed by atoms with van der Waals surface area (Å²) < 4.78 is 11.0. The molecule has 0 fully saturated rings. The zero-order valence-electron chi connectivity index (χ0n) is 14.4. The normalized spacial score (nSPS) is 15.4. The molecule has 0 radical (unpaired) electrons. The number of carbonyl (C=O) groups excluding carboxylic acids is 2. The van der Waals surface area contributed by atoms with Gasteiger partial charge in [-0.15, -0.1) is 0 Å². The smallest absolute Gasteiger partial charge is 0.339 e. The summed E-state index contributed by atoms with van der Waals surface area (Å²) in [5.74, 6) is 0.581. The topological polar surface area (TPSA) is 64.6 Å².